The highest BCUT2D eigenvalue weighted by molar-refractivity contribution is 6.05. The minimum absolute atomic E-state index is 0.141. The summed E-state index contributed by atoms with van der Waals surface area (Å²) < 4.78 is 1.79. The molecule has 3 aromatic heterocycles. The molecule has 0 unspecified atom stereocenters. The van der Waals surface area contributed by atoms with Gasteiger partial charge in [-0.1, -0.05) is 6.58 Å². The lowest BCUT2D eigenvalue weighted by atomic mass is 10.0. The van der Waals surface area contributed by atoms with Gasteiger partial charge in [0.2, 0.25) is 0 Å². The number of piperidine rings is 1. The van der Waals surface area contributed by atoms with Gasteiger partial charge in [-0.25, -0.2) is 9.51 Å². The fourth-order valence-corrected chi connectivity index (χ4v) is 4.42. The largest absolute Gasteiger partial charge is 0.393 e. The van der Waals surface area contributed by atoms with Crippen LogP contribution in [-0.2, 0) is 6.54 Å². The second-order valence-electron chi connectivity index (χ2n) is 8.41. The van der Waals surface area contributed by atoms with Crippen LogP contribution in [-0.4, -0.2) is 55.9 Å². The van der Waals surface area contributed by atoms with Crippen molar-refractivity contribution in [1.29, 1.82) is 0 Å². The van der Waals surface area contributed by atoms with Crippen molar-refractivity contribution in [3.63, 3.8) is 0 Å². The second kappa shape index (κ2) is 9.11. The summed E-state index contributed by atoms with van der Waals surface area (Å²) in [6, 6.07) is 5.84. The molecule has 3 N–H and O–H groups in total. The summed E-state index contributed by atoms with van der Waals surface area (Å²) >= 11 is 0. The number of carbonyl (C=O) groups is 1. The van der Waals surface area contributed by atoms with Crippen molar-refractivity contribution in [1.82, 2.24) is 24.8 Å². The number of rotatable bonds is 6. The van der Waals surface area contributed by atoms with Gasteiger partial charge in [0.15, 0.2) is 0 Å². The van der Waals surface area contributed by atoms with Crippen molar-refractivity contribution in [2.75, 3.05) is 18.4 Å². The molecule has 34 heavy (non-hydrogen) atoms. The number of aliphatic hydroxyl groups is 1. The number of pyridine rings is 2. The van der Waals surface area contributed by atoms with Gasteiger partial charge < -0.3 is 20.6 Å². The number of aromatic nitrogens is 3. The molecule has 1 fully saturated rings. The van der Waals surface area contributed by atoms with Crippen molar-refractivity contribution >= 4 is 23.3 Å². The van der Waals surface area contributed by atoms with Crippen molar-refractivity contribution in [3.05, 3.63) is 72.1 Å². The standard InChI is InChI=1S/C25H27N7O2/c1-3-22(26-13-16(2)31-11-7-17(33)8-12-31)30-20-15-27-24(19-14-28-25(34)23(19)20)18-5-4-10-32-21(18)6-9-29-32/h3-6,9-10,13,15,17,30,33H,2,7-8,11-12,14H2,1H3,(H,28,34)/b22-3+,26-13-. The highest BCUT2D eigenvalue weighted by Crippen LogP contribution is 2.34. The number of amides is 1. The first-order valence-electron chi connectivity index (χ1n) is 11.4. The van der Waals surface area contributed by atoms with E-state index in [1.165, 1.54) is 0 Å². The minimum atomic E-state index is -0.238. The Balaban J connectivity index is 1.41. The van der Waals surface area contributed by atoms with Crippen molar-refractivity contribution in [2.45, 2.75) is 32.4 Å². The predicted octanol–water partition coefficient (Wildman–Crippen LogP) is 2.95. The molecule has 0 saturated carbocycles. The van der Waals surface area contributed by atoms with Crippen LogP contribution in [0.25, 0.3) is 16.8 Å². The molecule has 0 bridgehead atoms. The Hall–Kier alpha value is -3.98. The molecule has 2 aliphatic rings. The van der Waals surface area contributed by atoms with E-state index in [9.17, 15) is 9.90 Å². The van der Waals surface area contributed by atoms with E-state index in [4.69, 9.17) is 4.98 Å². The normalized spacial score (nSPS) is 16.8. The van der Waals surface area contributed by atoms with Crippen LogP contribution in [0.5, 0.6) is 0 Å². The first kappa shape index (κ1) is 21.8. The van der Waals surface area contributed by atoms with Gasteiger partial charge >= 0.3 is 0 Å². The Kier molecular flexibility index (Phi) is 5.85. The van der Waals surface area contributed by atoms with Gasteiger partial charge in [0.05, 0.1) is 47.2 Å². The molecule has 174 valence electrons. The van der Waals surface area contributed by atoms with E-state index in [-0.39, 0.29) is 12.0 Å². The number of fused-ring (bicyclic) bond motifs is 2. The van der Waals surface area contributed by atoms with E-state index in [1.807, 2.05) is 37.4 Å². The molecule has 9 nitrogen and oxygen atoms in total. The van der Waals surface area contributed by atoms with E-state index in [0.29, 0.717) is 23.6 Å². The van der Waals surface area contributed by atoms with Crippen molar-refractivity contribution < 1.29 is 9.90 Å². The summed E-state index contributed by atoms with van der Waals surface area (Å²) in [6.45, 7) is 7.91. The highest BCUT2D eigenvalue weighted by atomic mass is 16.3. The maximum Gasteiger partial charge on any atom is 0.254 e. The Morgan fingerprint density at radius 1 is 1.35 bits per heavy atom. The fourth-order valence-electron chi connectivity index (χ4n) is 4.42. The molecule has 0 spiro atoms. The summed E-state index contributed by atoms with van der Waals surface area (Å²) in [5.74, 6) is 0.449. The molecule has 0 aliphatic carbocycles. The van der Waals surface area contributed by atoms with Gasteiger partial charge in [-0.15, -0.1) is 0 Å². The van der Waals surface area contributed by atoms with Crippen molar-refractivity contribution in [2.24, 2.45) is 4.99 Å². The van der Waals surface area contributed by atoms with Crippen LogP contribution in [0.4, 0.5) is 5.69 Å². The average Bonchev–Trinajstić information content (AvgIpc) is 3.49. The molecule has 0 aromatic carbocycles. The van der Waals surface area contributed by atoms with Gasteiger partial charge in [-0.2, -0.15) is 5.10 Å². The van der Waals surface area contributed by atoms with Gasteiger partial charge in [0, 0.05) is 42.7 Å². The number of nitrogens with one attached hydrogen (secondary N) is 2. The number of anilines is 1. The first-order valence-corrected chi connectivity index (χ1v) is 11.4. The molecule has 5 heterocycles. The summed E-state index contributed by atoms with van der Waals surface area (Å²) in [7, 11) is 0. The van der Waals surface area contributed by atoms with Gasteiger partial charge in [-0.05, 0) is 44.0 Å². The fraction of sp³-hybridized carbons (Fsp3) is 0.280. The molecular weight excluding hydrogens is 430 g/mol. The summed E-state index contributed by atoms with van der Waals surface area (Å²) in [4.78, 5) is 24.1. The van der Waals surface area contributed by atoms with Gasteiger partial charge in [-0.3, -0.25) is 9.78 Å². The third-order valence-corrected chi connectivity index (χ3v) is 6.28. The second-order valence-corrected chi connectivity index (χ2v) is 8.41. The van der Waals surface area contributed by atoms with Crippen LogP contribution < -0.4 is 10.6 Å². The zero-order chi connectivity index (χ0) is 23.7. The number of likely N-dealkylation sites (tertiary alicyclic amines) is 1. The molecule has 9 heteroatoms. The number of carbonyl (C=O) groups excluding carboxylic acids is 1. The Labute approximate surface area is 197 Å². The van der Waals surface area contributed by atoms with E-state index in [1.54, 1.807) is 23.1 Å². The maximum atomic E-state index is 12.8. The third-order valence-electron chi connectivity index (χ3n) is 6.28. The molecule has 0 radical (unpaired) electrons. The Bertz CT molecular complexity index is 1320. The molecule has 0 atom stereocenters. The lowest BCUT2D eigenvalue weighted by Gasteiger charge is -2.31. The zero-order valence-corrected chi connectivity index (χ0v) is 19.0. The monoisotopic (exact) mass is 457 g/mol. The third kappa shape index (κ3) is 4.06. The predicted molar refractivity (Wildman–Crippen MR) is 131 cm³/mol. The Morgan fingerprint density at radius 3 is 2.97 bits per heavy atom. The van der Waals surface area contributed by atoms with Crippen LogP contribution in [0.2, 0.25) is 0 Å². The summed E-state index contributed by atoms with van der Waals surface area (Å²) in [6.07, 6.45) is 10.1. The molecule has 1 amide bonds. The molecule has 3 aromatic rings. The number of aliphatic hydroxyl groups excluding tert-OH is 1. The van der Waals surface area contributed by atoms with Crippen LogP contribution in [0.3, 0.4) is 0 Å². The average molecular weight is 458 g/mol. The van der Waals surface area contributed by atoms with E-state index < -0.39 is 0 Å². The molecule has 2 aliphatic heterocycles. The quantitative estimate of drug-likeness (QED) is 0.492. The number of hydrogen-bond donors (Lipinski definition) is 3. The Morgan fingerprint density at radius 2 is 2.18 bits per heavy atom. The lowest BCUT2D eigenvalue weighted by molar-refractivity contribution is 0.0965. The zero-order valence-electron chi connectivity index (χ0n) is 19.0. The number of nitrogens with zero attached hydrogens (tertiary/aromatic N) is 5. The summed E-state index contributed by atoms with van der Waals surface area (Å²) in [5, 5.41) is 20.2. The number of aliphatic imine (C=N–C) groups is 1. The van der Waals surface area contributed by atoms with Crippen LogP contribution in [0.1, 0.15) is 35.7 Å². The van der Waals surface area contributed by atoms with E-state index in [0.717, 1.165) is 54.0 Å². The van der Waals surface area contributed by atoms with Crippen molar-refractivity contribution in [3.8, 4) is 11.3 Å². The van der Waals surface area contributed by atoms with E-state index in [2.05, 4.69) is 32.2 Å². The van der Waals surface area contributed by atoms with Crippen LogP contribution in [0.15, 0.2) is 66.0 Å². The van der Waals surface area contributed by atoms with E-state index >= 15 is 0 Å². The van der Waals surface area contributed by atoms with Gasteiger partial charge in [0.1, 0.15) is 5.82 Å². The molecule has 1 saturated heterocycles. The lowest BCUT2D eigenvalue weighted by Crippen LogP contribution is -2.35. The number of hydrogen-bond acceptors (Lipinski definition) is 7. The highest BCUT2D eigenvalue weighted by Gasteiger charge is 2.28. The topological polar surface area (TPSA) is 107 Å². The molecule has 5 rings (SSSR count). The molecular formula is C25H27N7O2. The first-order chi connectivity index (χ1) is 16.5. The number of allylic oxidation sites excluding steroid dienone is 2. The SMILES string of the molecule is C=C(/C=N\C(=C/C)Nc1cnc(-c2cccn3nccc23)c2c1C(=O)NC2)N1CCC(O)CC1. The minimum Gasteiger partial charge on any atom is -0.393 e. The maximum absolute atomic E-state index is 12.8. The van der Waals surface area contributed by atoms with Gasteiger partial charge in [0.25, 0.3) is 5.91 Å². The summed E-state index contributed by atoms with van der Waals surface area (Å²) in [5.41, 5.74) is 5.43. The van der Waals surface area contributed by atoms with Crippen LogP contribution >= 0.6 is 0 Å². The van der Waals surface area contributed by atoms with Crippen LogP contribution in [0, 0.1) is 0 Å². The smallest absolute Gasteiger partial charge is 0.254 e.